The molecule has 0 bridgehead atoms. The van der Waals surface area contributed by atoms with Crippen molar-refractivity contribution in [1.29, 1.82) is 0 Å². The summed E-state index contributed by atoms with van der Waals surface area (Å²) in [4.78, 5) is 0. The van der Waals surface area contributed by atoms with Crippen LogP contribution in [0.3, 0.4) is 0 Å². The molecule has 0 spiro atoms. The highest BCUT2D eigenvalue weighted by atomic mass is 19.1. The van der Waals surface area contributed by atoms with Crippen LogP contribution in [0.1, 0.15) is 19.3 Å². The van der Waals surface area contributed by atoms with Crippen LogP contribution in [0.4, 0.5) is 4.39 Å². The Morgan fingerprint density at radius 2 is 2.33 bits per heavy atom. The van der Waals surface area contributed by atoms with Crippen LogP contribution in [0.5, 0.6) is 0 Å². The van der Waals surface area contributed by atoms with E-state index in [4.69, 9.17) is 0 Å². The standard InChI is InChI=1S/C7H12FN/c8-7-2-1-6(7)5-9-4-3-7/h6,9H,1-5H2. The van der Waals surface area contributed by atoms with Gasteiger partial charge in [0.25, 0.3) is 0 Å². The molecule has 9 heavy (non-hydrogen) atoms. The van der Waals surface area contributed by atoms with Crippen LogP contribution >= 0.6 is 0 Å². The van der Waals surface area contributed by atoms with Gasteiger partial charge < -0.3 is 5.32 Å². The molecule has 2 rings (SSSR count). The van der Waals surface area contributed by atoms with Crippen molar-refractivity contribution in [3.8, 4) is 0 Å². The van der Waals surface area contributed by atoms with Crippen molar-refractivity contribution >= 4 is 0 Å². The molecule has 0 aromatic carbocycles. The molecule has 0 aromatic rings. The average molecular weight is 129 g/mol. The molecule has 1 saturated carbocycles. The SMILES string of the molecule is FC12CCNCC1CC2. The highest BCUT2D eigenvalue weighted by Gasteiger charge is 2.48. The Hall–Kier alpha value is -0.110. The van der Waals surface area contributed by atoms with E-state index in [2.05, 4.69) is 5.32 Å². The summed E-state index contributed by atoms with van der Waals surface area (Å²) in [6.07, 6.45) is 2.67. The topological polar surface area (TPSA) is 12.0 Å². The molecular formula is C7H12FN. The molecule has 1 nitrogen and oxygen atoms in total. The van der Waals surface area contributed by atoms with Gasteiger partial charge in [-0.25, -0.2) is 4.39 Å². The fourth-order valence-electron chi connectivity index (χ4n) is 1.85. The fraction of sp³-hybridized carbons (Fsp3) is 1.00. The van der Waals surface area contributed by atoms with E-state index in [1.165, 1.54) is 0 Å². The van der Waals surface area contributed by atoms with Gasteiger partial charge in [-0.1, -0.05) is 0 Å². The normalized spacial score (nSPS) is 49.7. The summed E-state index contributed by atoms with van der Waals surface area (Å²) < 4.78 is 13.3. The number of fused-ring (bicyclic) bond motifs is 1. The van der Waals surface area contributed by atoms with Crippen LogP contribution in [0.2, 0.25) is 0 Å². The van der Waals surface area contributed by atoms with Crippen molar-refractivity contribution in [3.63, 3.8) is 0 Å². The number of hydrogen-bond acceptors (Lipinski definition) is 1. The van der Waals surface area contributed by atoms with Crippen LogP contribution in [-0.4, -0.2) is 18.8 Å². The van der Waals surface area contributed by atoms with E-state index in [1.54, 1.807) is 0 Å². The zero-order chi connectivity index (χ0) is 6.32. The van der Waals surface area contributed by atoms with Crippen LogP contribution in [0.15, 0.2) is 0 Å². The molecule has 2 aliphatic rings. The van der Waals surface area contributed by atoms with Crippen LogP contribution in [-0.2, 0) is 0 Å². The third kappa shape index (κ3) is 0.692. The monoisotopic (exact) mass is 129 g/mol. The predicted octanol–water partition coefficient (Wildman–Crippen LogP) is 1.10. The molecule has 2 unspecified atom stereocenters. The number of alkyl halides is 1. The number of piperidine rings is 1. The molecule has 2 heteroatoms. The zero-order valence-corrected chi connectivity index (χ0v) is 5.49. The largest absolute Gasteiger partial charge is 0.316 e. The maximum atomic E-state index is 13.3. The first-order valence-corrected chi connectivity index (χ1v) is 3.71. The first kappa shape index (κ1) is 5.66. The zero-order valence-electron chi connectivity index (χ0n) is 5.49. The molecule has 0 aromatic heterocycles. The Bertz CT molecular complexity index is 126. The van der Waals surface area contributed by atoms with Crippen molar-refractivity contribution in [2.24, 2.45) is 5.92 Å². The number of hydrogen-bond donors (Lipinski definition) is 1. The summed E-state index contributed by atoms with van der Waals surface area (Å²) in [7, 11) is 0. The summed E-state index contributed by atoms with van der Waals surface area (Å²) >= 11 is 0. The van der Waals surface area contributed by atoms with Crippen LogP contribution < -0.4 is 5.32 Å². The van der Waals surface area contributed by atoms with Gasteiger partial charge >= 0.3 is 0 Å². The number of nitrogens with one attached hydrogen (secondary N) is 1. The Kier molecular flexibility index (Phi) is 1.06. The Labute approximate surface area is 54.6 Å². The van der Waals surface area contributed by atoms with Crippen molar-refractivity contribution in [2.45, 2.75) is 24.9 Å². The molecule has 1 saturated heterocycles. The van der Waals surface area contributed by atoms with E-state index in [0.29, 0.717) is 5.92 Å². The van der Waals surface area contributed by atoms with Crippen molar-refractivity contribution in [2.75, 3.05) is 13.1 Å². The molecule has 1 aliphatic carbocycles. The minimum Gasteiger partial charge on any atom is -0.316 e. The summed E-state index contributed by atoms with van der Waals surface area (Å²) in [5.74, 6) is 0.353. The fourth-order valence-corrected chi connectivity index (χ4v) is 1.85. The van der Waals surface area contributed by atoms with Gasteiger partial charge in [0.05, 0.1) is 0 Å². The first-order chi connectivity index (χ1) is 4.31. The van der Waals surface area contributed by atoms with Gasteiger partial charge in [0, 0.05) is 12.5 Å². The van der Waals surface area contributed by atoms with Crippen LogP contribution in [0, 0.1) is 5.92 Å². The molecule has 0 radical (unpaired) electrons. The van der Waals surface area contributed by atoms with Crippen molar-refractivity contribution in [1.82, 2.24) is 5.32 Å². The maximum Gasteiger partial charge on any atom is 0.116 e. The van der Waals surface area contributed by atoms with Crippen molar-refractivity contribution in [3.05, 3.63) is 0 Å². The third-order valence-electron chi connectivity index (χ3n) is 2.75. The molecule has 0 amide bonds. The van der Waals surface area contributed by atoms with Gasteiger partial charge in [-0.15, -0.1) is 0 Å². The maximum absolute atomic E-state index is 13.3. The Morgan fingerprint density at radius 1 is 1.44 bits per heavy atom. The second-order valence-corrected chi connectivity index (χ2v) is 3.22. The lowest BCUT2D eigenvalue weighted by Gasteiger charge is -2.46. The predicted molar refractivity (Wildman–Crippen MR) is 34.0 cm³/mol. The van der Waals surface area contributed by atoms with Gasteiger partial charge in [0.2, 0.25) is 0 Å². The smallest absolute Gasteiger partial charge is 0.116 e. The lowest BCUT2D eigenvalue weighted by molar-refractivity contribution is -0.0388. The number of rotatable bonds is 0. The molecule has 2 fully saturated rings. The highest BCUT2D eigenvalue weighted by Crippen LogP contribution is 2.45. The van der Waals surface area contributed by atoms with E-state index in [0.717, 1.165) is 32.4 Å². The third-order valence-corrected chi connectivity index (χ3v) is 2.75. The minimum atomic E-state index is -0.745. The summed E-state index contributed by atoms with van der Waals surface area (Å²) in [6.45, 7) is 1.80. The lowest BCUT2D eigenvalue weighted by atomic mass is 9.67. The van der Waals surface area contributed by atoms with E-state index < -0.39 is 5.67 Å². The van der Waals surface area contributed by atoms with Gasteiger partial charge in [0.15, 0.2) is 0 Å². The minimum absolute atomic E-state index is 0.353. The second-order valence-electron chi connectivity index (χ2n) is 3.22. The molecular weight excluding hydrogens is 117 g/mol. The molecule has 1 N–H and O–H groups in total. The van der Waals surface area contributed by atoms with Gasteiger partial charge in [-0.2, -0.15) is 0 Å². The summed E-state index contributed by atoms with van der Waals surface area (Å²) in [5.41, 5.74) is -0.745. The average Bonchev–Trinajstić information content (AvgIpc) is 1.82. The van der Waals surface area contributed by atoms with Gasteiger partial charge in [0.1, 0.15) is 5.67 Å². The first-order valence-electron chi connectivity index (χ1n) is 3.71. The molecule has 1 heterocycles. The molecule has 2 atom stereocenters. The molecule has 1 aliphatic heterocycles. The van der Waals surface area contributed by atoms with E-state index in [1.807, 2.05) is 0 Å². The van der Waals surface area contributed by atoms with E-state index in [9.17, 15) is 4.39 Å². The lowest BCUT2D eigenvalue weighted by Crippen LogP contribution is -2.53. The highest BCUT2D eigenvalue weighted by molar-refractivity contribution is 5.00. The number of halogens is 1. The van der Waals surface area contributed by atoms with Crippen LogP contribution in [0.25, 0.3) is 0 Å². The quantitative estimate of drug-likeness (QED) is 0.516. The summed E-state index contributed by atoms with van der Waals surface area (Å²) in [6, 6.07) is 0. The van der Waals surface area contributed by atoms with E-state index >= 15 is 0 Å². The van der Waals surface area contributed by atoms with E-state index in [-0.39, 0.29) is 0 Å². The Balaban J connectivity index is 2.05. The molecule has 52 valence electrons. The second kappa shape index (κ2) is 1.69. The van der Waals surface area contributed by atoms with Crippen molar-refractivity contribution < 1.29 is 4.39 Å². The van der Waals surface area contributed by atoms with Gasteiger partial charge in [-0.3, -0.25) is 0 Å². The Morgan fingerprint density at radius 3 is 2.67 bits per heavy atom. The summed E-state index contributed by atoms with van der Waals surface area (Å²) in [5, 5.41) is 3.20. The van der Waals surface area contributed by atoms with Gasteiger partial charge in [-0.05, 0) is 25.8 Å².